The van der Waals surface area contributed by atoms with E-state index in [0.29, 0.717) is 0 Å². The third-order valence-electron chi connectivity index (χ3n) is 3.16. The lowest BCUT2D eigenvalue weighted by Gasteiger charge is -2.24. The van der Waals surface area contributed by atoms with Crippen molar-refractivity contribution in [2.75, 3.05) is 0 Å². The van der Waals surface area contributed by atoms with Crippen LogP contribution in [-0.4, -0.2) is 6.04 Å². The van der Waals surface area contributed by atoms with Gasteiger partial charge in [0, 0.05) is 16.7 Å². The summed E-state index contributed by atoms with van der Waals surface area (Å²) in [5, 5.41) is 4.98. The van der Waals surface area contributed by atoms with Crippen LogP contribution in [0.1, 0.15) is 13.3 Å². The SMILES string of the molecule is C=CCC(C)NP(=O)(c1ccccc1)c1ccccc1. The summed E-state index contributed by atoms with van der Waals surface area (Å²) < 4.78 is 13.6. The summed E-state index contributed by atoms with van der Waals surface area (Å²) in [6, 6.07) is 19.3. The van der Waals surface area contributed by atoms with Crippen LogP contribution in [0.5, 0.6) is 0 Å². The van der Waals surface area contributed by atoms with Crippen molar-refractivity contribution in [2.24, 2.45) is 0 Å². The smallest absolute Gasteiger partial charge is 0.204 e. The highest BCUT2D eigenvalue weighted by molar-refractivity contribution is 7.76. The van der Waals surface area contributed by atoms with E-state index in [-0.39, 0.29) is 6.04 Å². The van der Waals surface area contributed by atoms with Crippen LogP contribution < -0.4 is 15.7 Å². The van der Waals surface area contributed by atoms with Gasteiger partial charge >= 0.3 is 0 Å². The van der Waals surface area contributed by atoms with Crippen LogP contribution in [-0.2, 0) is 4.57 Å². The summed E-state index contributed by atoms with van der Waals surface area (Å²) in [5.41, 5.74) is 0. The number of nitrogens with one attached hydrogen (secondary N) is 1. The highest BCUT2D eigenvalue weighted by Crippen LogP contribution is 2.39. The molecular weight excluding hydrogens is 265 g/mol. The normalized spacial score (nSPS) is 12.8. The largest absolute Gasteiger partial charge is 0.297 e. The van der Waals surface area contributed by atoms with Gasteiger partial charge in [-0.3, -0.25) is 9.65 Å². The highest BCUT2D eigenvalue weighted by atomic mass is 31.2. The van der Waals surface area contributed by atoms with Crippen molar-refractivity contribution in [3.8, 4) is 0 Å². The maximum Gasteiger partial charge on any atom is 0.204 e. The summed E-state index contributed by atoms with van der Waals surface area (Å²) >= 11 is 0. The van der Waals surface area contributed by atoms with E-state index in [1.54, 1.807) is 0 Å². The third-order valence-corrected chi connectivity index (χ3v) is 6.02. The molecule has 2 aromatic carbocycles. The monoisotopic (exact) mass is 285 g/mol. The van der Waals surface area contributed by atoms with Crippen molar-refractivity contribution in [3.63, 3.8) is 0 Å². The molecule has 0 aromatic heterocycles. The Morgan fingerprint density at radius 3 is 1.90 bits per heavy atom. The number of hydrogen-bond donors (Lipinski definition) is 1. The first-order valence-corrected chi connectivity index (χ1v) is 8.47. The Balaban J connectivity index is 2.44. The van der Waals surface area contributed by atoms with E-state index in [2.05, 4.69) is 11.7 Å². The Kier molecular flexibility index (Phi) is 4.94. The van der Waals surface area contributed by atoms with Crippen molar-refractivity contribution < 1.29 is 4.57 Å². The van der Waals surface area contributed by atoms with Gasteiger partial charge in [0.25, 0.3) is 0 Å². The molecule has 2 aromatic rings. The fraction of sp³-hybridized carbons (Fsp3) is 0.176. The molecule has 20 heavy (non-hydrogen) atoms. The molecule has 0 aliphatic heterocycles. The number of benzene rings is 2. The summed E-state index contributed by atoms with van der Waals surface area (Å²) in [6.45, 7) is 5.77. The molecule has 0 aliphatic carbocycles. The summed E-state index contributed by atoms with van der Waals surface area (Å²) in [4.78, 5) is 0. The molecule has 3 heteroatoms. The Morgan fingerprint density at radius 2 is 1.50 bits per heavy atom. The summed E-state index contributed by atoms with van der Waals surface area (Å²) in [6.07, 6.45) is 2.63. The van der Waals surface area contributed by atoms with Crippen LogP contribution in [0.25, 0.3) is 0 Å². The first-order chi connectivity index (χ1) is 9.66. The number of hydrogen-bond acceptors (Lipinski definition) is 1. The average Bonchev–Trinajstić information content (AvgIpc) is 2.49. The lowest BCUT2D eigenvalue weighted by molar-refractivity contribution is 0.565. The van der Waals surface area contributed by atoms with Crippen LogP contribution in [0.15, 0.2) is 73.3 Å². The molecule has 1 N–H and O–H groups in total. The minimum absolute atomic E-state index is 0.110. The fourth-order valence-electron chi connectivity index (χ4n) is 2.19. The van der Waals surface area contributed by atoms with Crippen LogP contribution in [0.3, 0.4) is 0 Å². The van der Waals surface area contributed by atoms with Gasteiger partial charge in [0.05, 0.1) is 0 Å². The standard InChI is InChI=1S/C17H20NOP/c1-3-10-15(2)18-20(19,16-11-6-4-7-12-16)17-13-8-5-9-14-17/h3-9,11-15H,1,10H2,2H3,(H,18,19). The van der Waals surface area contributed by atoms with Gasteiger partial charge in [-0.15, -0.1) is 6.58 Å². The van der Waals surface area contributed by atoms with E-state index >= 15 is 0 Å². The fourth-order valence-corrected chi connectivity index (χ4v) is 4.69. The molecule has 0 aliphatic rings. The Labute approximate surface area is 121 Å². The zero-order valence-corrected chi connectivity index (χ0v) is 12.6. The van der Waals surface area contributed by atoms with Crippen LogP contribution in [0.4, 0.5) is 0 Å². The molecule has 1 unspecified atom stereocenters. The van der Waals surface area contributed by atoms with Crippen molar-refractivity contribution >= 4 is 17.9 Å². The van der Waals surface area contributed by atoms with E-state index in [1.807, 2.05) is 73.7 Å². The maximum absolute atomic E-state index is 13.6. The van der Waals surface area contributed by atoms with E-state index in [1.165, 1.54) is 0 Å². The zero-order chi connectivity index (χ0) is 14.4. The quantitative estimate of drug-likeness (QED) is 0.650. The van der Waals surface area contributed by atoms with Gasteiger partial charge in [-0.2, -0.15) is 0 Å². The lowest BCUT2D eigenvalue weighted by atomic mass is 10.3. The van der Waals surface area contributed by atoms with E-state index in [0.717, 1.165) is 17.0 Å². The zero-order valence-electron chi connectivity index (χ0n) is 11.7. The van der Waals surface area contributed by atoms with E-state index in [9.17, 15) is 4.57 Å². The molecule has 104 valence electrons. The van der Waals surface area contributed by atoms with Gasteiger partial charge in [-0.1, -0.05) is 42.5 Å². The molecule has 2 rings (SSSR count). The van der Waals surface area contributed by atoms with Crippen LogP contribution in [0, 0.1) is 0 Å². The molecular formula is C17H20NOP. The van der Waals surface area contributed by atoms with E-state index in [4.69, 9.17) is 0 Å². The van der Waals surface area contributed by atoms with E-state index < -0.39 is 7.29 Å². The predicted octanol–water partition coefficient (Wildman–Crippen LogP) is 3.47. The van der Waals surface area contributed by atoms with Gasteiger partial charge in [0.2, 0.25) is 7.29 Å². The molecule has 0 heterocycles. The molecule has 0 amide bonds. The molecule has 0 saturated carbocycles. The highest BCUT2D eigenvalue weighted by Gasteiger charge is 2.28. The van der Waals surface area contributed by atoms with Gasteiger partial charge in [-0.25, -0.2) is 0 Å². The maximum atomic E-state index is 13.6. The first-order valence-electron chi connectivity index (χ1n) is 6.77. The predicted molar refractivity (Wildman–Crippen MR) is 87.2 cm³/mol. The van der Waals surface area contributed by atoms with Gasteiger partial charge < -0.3 is 0 Å². The van der Waals surface area contributed by atoms with Crippen molar-refractivity contribution in [2.45, 2.75) is 19.4 Å². The van der Waals surface area contributed by atoms with Crippen molar-refractivity contribution in [3.05, 3.63) is 73.3 Å². The minimum Gasteiger partial charge on any atom is -0.297 e. The third kappa shape index (κ3) is 3.27. The van der Waals surface area contributed by atoms with Crippen LogP contribution in [0.2, 0.25) is 0 Å². The Bertz CT molecular complexity index is 551. The lowest BCUT2D eigenvalue weighted by Crippen LogP contribution is -2.33. The second-order valence-corrected chi connectivity index (χ2v) is 7.34. The Hall–Kier alpha value is -1.63. The minimum atomic E-state index is -2.81. The first kappa shape index (κ1) is 14.8. The Morgan fingerprint density at radius 1 is 1.05 bits per heavy atom. The molecule has 0 radical (unpaired) electrons. The van der Waals surface area contributed by atoms with Gasteiger partial charge in [0.15, 0.2) is 0 Å². The summed E-state index contributed by atoms with van der Waals surface area (Å²) in [5.74, 6) is 0. The molecule has 0 fully saturated rings. The molecule has 0 spiro atoms. The van der Waals surface area contributed by atoms with Crippen LogP contribution >= 0.6 is 7.29 Å². The molecule has 1 atom stereocenters. The molecule has 2 nitrogen and oxygen atoms in total. The molecule has 0 saturated heterocycles. The van der Waals surface area contributed by atoms with Crippen molar-refractivity contribution in [1.29, 1.82) is 0 Å². The molecule has 0 bridgehead atoms. The van der Waals surface area contributed by atoms with Crippen molar-refractivity contribution in [1.82, 2.24) is 5.09 Å². The topological polar surface area (TPSA) is 29.1 Å². The van der Waals surface area contributed by atoms with Gasteiger partial charge in [-0.05, 0) is 37.6 Å². The number of rotatable bonds is 6. The second kappa shape index (κ2) is 6.69. The van der Waals surface area contributed by atoms with Gasteiger partial charge in [0.1, 0.15) is 0 Å². The average molecular weight is 285 g/mol. The second-order valence-electron chi connectivity index (χ2n) is 4.83. The summed E-state index contributed by atoms with van der Waals surface area (Å²) in [7, 11) is -2.81.